The third-order valence-electron chi connectivity index (χ3n) is 5.04. The molecule has 0 aromatic heterocycles. The molecule has 0 aliphatic carbocycles. The molecule has 1 aliphatic heterocycles. The lowest BCUT2D eigenvalue weighted by Gasteiger charge is -2.34. The highest BCUT2D eigenvalue weighted by Crippen LogP contribution is 2.31. The number of likely N-dealkylation sites (tertiary alicyclic amines) is 1. The molecule has 4 nitrogen and oxygen atoms in total. The molecule has 1 N–H and O–H groups in total. The molecular weight excluding hydrogens is 314 g/mol. The van der Waals surface area contributed by atoms with Crippen LogP contribution in [0, 0.1) is 5.92 Å². The van der Waals surface area contributed by atoms with Gasteiger partial charge in [0.25, 0.3) is 0 Å². The van der Waals surface area contributed by atoms with Gasteiger partial charge < -0.3 is 14.6 Å². The van der Waals surface area contributed by atoms with Gasteiger partial charge in [-0.05, 0) is 55.1 Å². The van der Waals surface area contributed by atoms with Gasteiger partial charge in [-0.2, -0.15) is 0 Å². The first kappa shape index (κ1) is 17.8. The maximum absolute atomic E-state index is 10.6. The molecule has 0 saturated carbocycles. The molecule has 2 aromatic carbocycles. The fraction of sp³-hybridized carbons (Fsp3) is 0.429. The summed E-state index contributed by atoms with van der Waals surface area (Å²) in [5, 5.41) is 10.6. The second-order valence-corrected chi connectivity index (χ2v) is 6.69. The summed E-state index contributed by atoms with van der Waals surface area (Å²) in [7, 11) is 3.35. The number of aliphatic hydroxyl groups is 1. The van der Waals surface area contributed by atoms with Crippen LogP contribution in [-0.4, -0.2) is 37.3 Å². The zero-order valence-corrected chi connectivity index (χ0v) is 15.0. The Morgan fingerprint density at radius 2 is 1.60 bits per heavy atom. The number of rotatable bonds is 6. The van der Waals surface area contributed by atoms with E-state index in [1.54, 1.807) is 14.2 Å². The highest BCUT2D eigenvalue weighted by molar-refractivity contribution is 5.38. The van der Waals surface area contributed by atoms with E-state index >= 15 is 0 Å². The molecule has 1 aliphatic rings. The van der Waals surface area contributed by atoms with Crippen molar-refractivity contribution in [2.75, 3.05) is 27.3 Å². The van der Waals surface area contributed by atoms with Crippen LogP contribution in [0.2, 0.25) is 0 Å². The van der Waals surface area contributed by atoms with E-state index < -0.39 is 0 Å². The van der Waals surface area contributed by atoms with Crippen molar-refractivity contribution >= 4 is 0 Å². The highest BCUT2D eigenvalue weighted by Gasteiger charge is 2.26. The van der Waals surface area contributed by atoms with Gasteiger partial charge >= 0.3 is 0 Å². The first-order chi connectivity index (χ1) is 12.2. The molecule has 0 bridgehead atoms. The minimum Gasteiger partial charge on any atom is -0.497 e. The molecule has 134 valence electrons. The smallest absolute Gasteiger partial charge is 0.122 e. The van der Waals surface area contributed by atoms with E-state index in [1.165, 1.54) is 5.56 Å². The van der Waals surface area contributed by atoms with Crippen molar-refractivity contribution in [3.63, 3.8) is 0 Å². The number of aliphatic hydroxyl groups excluding tert-OH is 1. The molecule has 3 rings (SSSR count). The summed E-state index contributed by atoms with van der Waals surface area (Å²) in [6, 6.07) is 16.0. The molecule has 4 heteroatoms. The average Bonchev–Trinajstić information content (AvgIpc) is 2.68. The normalized spacial score (nSPS) is 17.2. The molecule has 2 aromatic rings. The van der Waals surface area contributed by atoms with Gasteiger partial charge in [0, 0.05) is 12.6 Å². The summed E-state index contributed by atoms with van der Waals surface area (Å²) in [5.41, 5.74) is 2.22. The Labute approximate surface area is 150 Å². The van der Waals surface area contributed by atoms with E-state index in [-0.39, 0.29) is 6.10 Å². The molecule has 1 atom stereocenters. The summed E-state index contributed by atoms with van der Waals surface area (Å²) in [5.74, 6) is 1.98. The quantitative estimate of drug-likeness (QED) is 0.871. The Bertz CT molecular complexity index is 644. The third kappa shape index (κ3) is 4.53. The van der Waals surface area contributed by atoms with Crippen LogP contribution in [0.5, 0.6) is 11.5 Å². The zero-order valence-electron chi connectivity index (χ0n) is 15.0. The predicted octanol–water partition coefficient (Wildman–Crippen LogP) is 3.65. The second kappa shape index (κ2) is 8.37. The average molecular weight is 341 g/mol. The van der Waals surface area contributed by atoms with Crippen LogP contribution in [0.4, 0.5) is 0 Å². The van der Waals surface area contributed by atoms with Crippen molar-refractivity contribution < 1.29 is 14.6 Å². The first-order valence-corrected chi connectivity index (χ1v) is 8.87. The Balaban J connectivity index is 1.58. The predicted molar refractivity (Wildman–Crippen MR) is 98.9 cm³/mol. The van der Waals surface area contributed by atoms with E-state index in [9.17, 15) is 5.11 Å². The minimum atomic E-state index is -0.361. The number of benzene rings is 2. The molecule has 1 saturated heterocycles. The summed E-state index contributed by atoms with van der Waals surface area (Å²) >= 11 is 0. The molecule has 1 heterocycles. The van der Waals surface area contributed by atoms with Gasteiger partial charge in [-0.25, -0.2) is 0 Å². The Kier molecular flexibility index (Phi) is 5.95. The van der Waals surface area contributed by atoms with Gasteiger partial charge in [0.05, 0.1) is 20.3 Å². The number of hydrogen-bond acceptors (Lipinski definition) is 4. The van der Waals surface area contributed by atoms with Crippen LogP contribution in [-0.2, 0) is 6.54 Å². The topological polar surface area (TPSA) is 41.9 Å². The summed E-state index contributed by atoms with van der Waals surface area (Å²) in [6.07, 6.45) is 1.66. The van der Waals surface area contributed by atoms with Gasteiger partial charge in [-0.3, -0.25) is 4.90 Å². The minimum absolute atomic E-state index is 0.332. The number of hydrogen-bond donors (Lipinski definition) is 1. The van der Waals surface area contributed by atoms with Crippen LogP contribution < -0.4 is 9.47 Å². The van der Waals surface area contributed by atoms with Gasteiger partial charge in [-0.1, -0.05) is 30.3 Å². The lowest BCUT2D eigenvalue weighted by molar-refractivity contribution is 0.0567. The monoisotopic (exact) mass is 341 g/mol. The van der Waals surface area contributed by atoms with Gasteiger partial charge in [0.15, 0.2) is 0 Å². The van der Waals surface area contributed by atoms with Crippen LogP contribution >= 0.6 is 0 Å². The van der Waals surface area contributed by atoms with E-state index in [0.717, 1.165) is 49.5 Å². The second-order valence-electron chi connectivity index (χ2n) is 6.69. The van der Waals surface area contributed by atoms with Crippen molar-refractivity contribution in [2.45, 2.75) is 25.5 Å². The maximum atomic E-state index is 10.6. The van der Waals surface area contributed by atoms with Crippen molar-refractivity contribution in [2.24, 2.45) is 5.92 Å². The van der Waals surface area contributed by atoms with E-state index in [2.05, 4.69) is 17.0 Å². The molecular formula is C21H27NO3. The van der Waals surface area contributed by atoms with Crippen LogP contribution in [0.15, 0.2) is 48.5 Å². The molecule has 0 amide bonds. The lowest BCUT2D eigenvalue weighted by Crippen LogP contribution is -2.35. The van der Waals surface area contributed by atoms with Crippen molar-refractivity contribution in [3.05, 3.63) is 59.7 Å². The van der Waals surface area contributed by atoms with Gasteiger partial charge in [0.2, 0.25) is 0 Å². The number of ether oxygens (including phenoxy) is 2. The number of nitrogens with zero attached hydrogens (tertiary/aromatic N) is 1. The Morgan fingerprint density at radius 3 is 2.16 bits per heavy atom. The van der Waals surface area contributed by atoms with Crippen LogP contribution in [0.1, 0.15) is 30.1 Å². The first-order valence-electron chi connectivity index (χ1n) is 8.87. The largest absolute Gasteiger partial charge is 0.497 e. The lowest BCUT2D eigenvalue weighted by atomic mass is 9.87. The standard InChI is InChI=1S/C21H27NO3/c1-24-19-12-16(13-20(14-19)25-2)15-22-10-8-18(9-11-22)21(23)17-6-4-3-5-7-17/h3-7,12-14,18,21,23H,8-11,15H2,1-2H3. The fourth-order valence-corrected chi connectivity index (χ4v) is 3.57. The Morgan fingerprint density at radius 1 is 1.00 bits per heavy atom. The molecule has 25 heavy (non-hydrogen) atoms. The zero-order chi connectivity index (χ0) is 17.6. The molecule has 0 radical (unpaired) electrons. The summed E-state index contributed by atoms with van der Waals surface area (Å²) in [6.45, 7) is 2.86. The third-order valence-corrected chi connectivity index (χ3v) is 5.04. The number of piperidine rings is 1. The number of methoxy groups -OCH3 is 2. The van der Waals surface area contributed by atoms with Crippen molar-refractivity contribution in [1.82, 2.24) is 4.90 Å². The van der Waals surface area contributed by atoms with Crippen molar-refractivity contribution in [1.29, 1.82) is 0 Å². The summed E-state index contributed by atoms with van der Waals surface area (Å²) < 4.78 is 10.7. The molecule has 1 fully saturated rings. The van der Waals surface area contributed by atoms with E-state index in [4.69, 9.17) is 9.47 Å². The highest BCUT2D eigenvalue weighted by atomic mass is 16.5. The van der Waals surface area contributed by atoms with Gasteiger partial charge in [0.1, 0.15) is 11.5 Å². The SMILES string of the molecule is COc1cc(CN2CCC(C(O)c3ccccc3)CC2)cc(OC)c1. The fourth-order valence-electron chi connectivity index (χ4n) is 3.57. The van der Waals surface area contributed by atoms with Gasteiger partial charge in [-0.15, -0.1) is 0 Å². The van der Waals surface area contributed by atoms with Crippen molar-refractivity contribution in [3.8, 4) is 11.5 Å². The van der Waals surface area contributed by atoms with Crippen LogP contribution in [0.3, 0.4) is 0 Å². The molecule has 1 unspecified atom stereocenters. The maximum Gasteiger partial charge on any atom is 0.122 e. The van der Waals surface area contributed by atoms with E-state index in [0.29, 0.717) is 5.92 Å². The molecule has 0 spiro atoms. The Hall–Kier alpha value is -2.04. The van der Waals surface area contributed by atoms with Crippen LogP contribution in [0.25, 0.3) is 0 Å². The van der Waals surface area contributed by atoms with E-state index in [1.807, 2.05) is 36.4 Å². The summed E-state index contributed by atoms with van der Waals surface area (Å²) in [4.78, 5) is 2.43.